The lowest BCUT2D eigenvalue weighted by Gasteiger charge is -2.19. The van der Waals surface area contributed by atoms with E-state index in [0.29, 0.717) is 6.04 Å². The summed E-state index contributed by atoms with van der Waals surface area (Å²) in [5, 5.41) is 3.53. The molecule has 0 bridgehead atoms. The van der Waals surface area contributed by atoms with E-state index in [4.69, 9.17) is 0 Å². The van der Waals surface area contributed by atoms with E-state index in [2.05, 4.69) is 17.2 Å². The van der Waals surface area contributed by atoms with Crippen LogP contribution in [0.2, 0.25) is 0 Å². The highest BCUT2D eigenvalue weighted by Crippen LogP contribution is 2.30. The van der Waals surface area contributed by atoms with E-state index >= 15 is 0 Å². The zero-order valence-electron chi connectivity index (χ0n) is 8.74. The van der Waals surface area contributed by atoms with Gasteiger partial charge in [0.15, 0.2) is 0 Å². The predicted octanol–water partition coefficient (Wildman–Crippen LogP) is 3.07. The molecular weight excluding hydrogens is 172 g/mol. The topological polar surface area (TPSA) is 24.9 Å². The van der Waals surface area contributed by atoms with Crippen LogP contribution in [0.25, 0.3) is 0 Å². The minimum absolute atomic E-state index is 0.648. The van der Waals surface area contributed by atoms with E-state index in [-0.39, 0.29) is 0 Å². The zero-order valence-corrected chi connectivity index (χ0v) is 8.74. The van der Waals surface area contributed by atoms with Crippen LogP contribution in [-0.2, 0) is 0 Å². The number of hydrogen-bond donors (Lipinski definition) is 1. The Labute approximate surface area is 85.7 Å². The second kappa shape index (κ2) is 4.45. The summed E-state index contributed by atoms with van der Waals surface area (Å²) in [5.41, 5.74) is 0. The first-order chi connectivity index (χ1) is 6.90. The van der Waals surface area contributed by atoms with Gasteiger partial charge in [0.05, 0.1) is 0 Å². The van der Waals surface area contributed by atoms with Crippen molar-refractivity contribution >= 4 is 5.82 Å². The molecule has 1 aromatic rings. The van der Waals surface area contributed by atoms with E-state index in [1.165, 1.54) is 25.7 Å². The minimum Gasteiger partial charge on any atom is -0.367 e. The molecule has 76 valence electrons. The van der Waals surface area contributed by atoms with Gasteiger partial charge in [-0.3, -0.25) is 0 Å². The Bertz CT molecular complexity index is 271. The molecule has 0 saturated heterocycles. The molecule has 1 heterocycles. The molecule has 2 nitrogen and oxygen atoms in total. The molecule has 0 spiro atoms. The fourth-order valence-corrected chi connectivity index (χ4v) is 2.35. The maximum atomic E-state index is 4.30. The van der Waals surface area contributed by atoms with Crippen LogP contribution in [-0.4, -0.2) is 11.0 Å². The van der Waals surface area contributed by atoms with Crippen molar-refractivity contribution in [1.29, 1.82) is 0 Å². The molecule has 1 aliphatic rings. The third kappa shape index (κ3) is 2.06. The molecule has 2 unspecified atom stereocenters. The molecule has 14 heavy (non-hydrogen) atoms. The van der Waals surface area contributed by atoms with Gasteiger partial charge < -0.3 is 5.32 Å². The van der Waals surface area contributed by atoms with Crippen molar-refractivity contribution in [2.24, 2.45) is 5.92 Å². The van der Waals surface area contributed by atoms with Gasteiger partial charge in [0, 0.05) is 12.2 Å². The highest BCUT2D eigenvalue weighted by atomic mass is 15.0. The van der Waals surface area contributed by atoms with E-state index in [1.54, 1.807) is 0 Å². The quantitative estimate of drug-likeness (QED) is 0.792. The Hall–Kier alpha value is -1.05. The van der Waals surface area contributed by atoms with Crippen LogP contribution >= 0.6 is 0 Å². The van der Waals surface area contributed by atoms with Crippen molar-refractivity contribution in [3.8, 4) is 0 Å². The molecule has 0 radical (unpaired) electrons. The second-order valence-electron chi connectivity index (χ2n) is 4.07. The lowest BCUT2D eigenvalue weighted by atomic mass is 10.0. The fourth-order valence-electron chi connectivity index (χ4n) is 2.35. The smallest absolute Gasteiger partial charge is 0.126 e. The van der Waals surface area contributed by atoms with Crippen molar-refractivity contribution in [3.63, 3.8) is 0 Å². The Morgan fingerprint density at radius 2 is 2.36 bits per heavy atom. The molecule has 1 aromatic heterocycles. The Morgan fingerprint density at radius 1 is 1.43 bits per heavy atom. The van der Waals surface area contributed by atoms with E-state index in [1.807, 2.05) is 24.4 Å². The van der Waals surface area contributed by atoms with E-state index < -0.39 is 0 Å². The summed E-state index contributed by atoms with van der Waals surface area (Å²) in [7, 11) is 0. The summed E-state index contributed by atoms with van der Waals surface area (Å²) < 4.78 is 0. The maximum absolute atomic E-state index is 4.30. The first-order valence-corrected chi connectivity index (χ1v) is 5.57. The fraction of sp³-hybridized carbons (Fsp3) is 0.583. The molecular formula is C12H18N2. The standard InChI is InChI=1S/C12H18N2/c1-2-10-6-5-7-11(10)14-12-8-3-4-9-13-12/h3-4,8-11H,2,5-7H2,1H3,(H,13,14). The first kappa shape index (κ1) is 9.50. The lowest BCUT2D eigenvalue weighted by molar-refractivity contribution is 0.488. The number of hydrogen-bond acceptors (Lipinski definition) is 2. The Balaban J connectivity index is 1.97. The average molecular weight is 190 g/mol. The van der Waals surface area contributed by atoms with Gasteiger partial charge in [0.25, 0.3) is 0 Å². The van der Waals surface area contributed by atoms with Gasteiger partial charge in [0.1, 0.15) is 5.82 Å². The molecule has 1 aliphatic carbocycles. The molecule has 2 atom stereocenters. The second-order valence-corrected chi connectivity index (χ2v) is 4.07. The molecule has 2 rings (SSSR count). The number of aromatic nitrogens is 1. The number of rotatable bonds is 3. The maximum Gasteiger partial charge on any atom is 0.126 e. The third-order valence-electron chi connectivity index (χ3n) is 3.18. The van der Waals surface area contributed by atoms with Gasteiger partial charge in [-0.25, -0.2) is 4.98 Å². The summed E-state index contributed by atoms with van der Waals surface area (Å²) in [5.74, 6) is 1.87. The van der Waals surface area contributed by atoms with Gasteiger partial charge in [-0.1, -0.05) is 25.8 Å². The van der Waals surface area contributed by atoms with Crippen molar-refractivity contribution < 1.29 is 0 Å². The van der Waals surface area contributed by atoms with E-state index in [9.17, 15) is 0 Å². The summed E-state index contributed by atoms with van der Waals surface area (Å²) >= 11 is 0. The van der Waals surface area contributed by atoms with Crippen LogP contribution < -0.4 is 5.32 Å². The van der Waals surface area contributed by atoms with Gasteiger partial charge in [-0.15, -0.1) is 0 Å². The molecule has 0 amide bonds. The summed E-state index contributed by atoms with van der Waals surface area (Å²) in [6, 6.07) is 6.68. The van der Waals surface area contributed by atoms with E-state index in [0.717, 1.165) is 11.7 Å². The molecule has 1 fully saturated rings. The van der Waals surface area contributed by atoms with Crippen LogP contribution in [0.4, 0.5) is 5.82 Å². The van der Waals surface area contributed by atoms with Crippen LogP contribution in [0, 0.1) is 5.92 Å². The number of nitrogens with zero attached hydrogens (tertiary/aromatic N) is 1. The first-order valence-electron chi connectivity index (χ1n) is 5.57. The number of pyridine rings is 1. The highest BCUT2D eigenvalue weighted by Gasteiger charge is 2.25. The van der Waals surface area contributed by atoms with Gasteiger partial charge in [-0.05, 0) is 30.9 Å². The normalized spacial score (nSPS) is 26.4. The molecule has 1 saturated carbocycles. The Morgan fingerprint density at radius 3 is 3.07 bits per heavy atom. The van der Waals surface area contributed by atoms with Crippen LogP contribution in [0.3, 0.4) is 0 Å². The van der Waals surface area contributed by atoms with Gasteiger partial charge in [-0.2, -0.15) is 0 Å². The van der Waals surface area contributed by atoms with Gasteiger partial charge >= 0.3 is 0 Å². The van der Waals surface area contributed by atoms with Crippen LogP contribution in [0.15, 0.2) is 24.4 Å². The van der Waals surface area contributed by atoms with Crippen molar-refractivity contribution in [2.45, 2.75) is 38.6 Å². The van der Waals surface area contributed by atoms with Crippen LogP contribution in [0.5, 0.6) is 0 Å². The molecule has 2 heteroatoms. The van der Waals surface area contributed by atoms with Crippen molar-refractivity contribution in [3.05, 3.63) is 24.4 Å². The number of nitrogens with one attached hydrogen (secondary N) is 1. The third-order valence-corrected chi connectivity index (χ3v) is 3.18. The molecule has 1 N–H and O–H groups in total. The monoisotopic (exact) mass is 190 g/mol. The lowest BCUT2D eigenvalue weighted by Crippen LogP contribution is -2.23. The van der Waals surface area contributed by atoms with Gasteiger partial charge in [0.2, 0.25) is 0 Å². The summed E-state index contributed by atoms with van der Waals surface area (Å²) in [6.45, 7) is 2.28. The SMILES string of the molecule is CCC1CCCC1Nc1ccccn1. The predicted molar refractivity (Wildman–Crippen MR) is 59.3 cm³/mol. The molecule has 0 aromatic carbocycles. The minimum atomic E-state index is 0.648. The van der Waals surface area contributed by atoms with Crippen LogP contribution in [0.1, 0.15) is 32.6 Å². The molecule has 0 aliphatic heterocycles. The largest absolute Gasteiger partial charge is 0.367 e. The highest BCUT2D eigenvalue weighted by molar-refractivity contribution is 5.34. The average Bonchev–Trinajstić information content (AvgIpc) is 2.67. The van der Waals surface area contributed by atoms with Crippen molar-refractivity contribution in [2.75, 3.05) is 5.32 Å². The van der Waals surface area contributed by atoms with Crippen molar-refractivity contribution in [1.82, 2.24) is 4.98 Å². The number of anilines is 1. The Kier molecular flexibility index (Phi) is 3.02. The summed E-state index contributed by atoms with van der Waals surface area (Å²) in [6.07, 6.45) is 7.17. The summed E-state index contributed by atoms with van der Waals surface area (Å²) in [4.78, 5) is 4.30. The zero-order chi connectivity index (χ0) is 9.80.